The van der Waals surface area contributed by atoms with Crippen molar-refractivity contribution in [2.24, 2.45) is 0 Å². The van der Waals surface area contributed by atoms with Crippen LogP contribution < -0.4 is 0 Å². The Hall–Kier alpha value is 0.830. The normalized spacial score (nSPS) is 38.0. The van der Waals surface area contributed by atoms with Crippen molar-refractivity contribution in [3.63, 3.8) is 0 Å². The van der Waals surface area contributed by atoms with Crippen LogP contribution in [0.25, 0.3) is 0 Å². The van der Waals surface area contributed by atoms with Crippen molar-refractivity contribution in [3.8, 4) is 0 Å². The summed E-state index contributed by atoms with van der Waals surface area (Å²) in [6, 6.07) is 0. The first kappa shape index (κ1) is 7.93. The van der Waals surface area contributed by atoms with E-state index in [1.165, 1.54) is 32.1 Å². The third kappa shape index (κ3) is 2.50. The highest BCUT2D eigenvalue weighted by atomic mass is 79.9. The maximum absolute atomic E-state index is 4.48. The van der Waals surface area contributed by atoms with Crippen molar-refractivity contribution < 1.29 is 0 Å². The van der Waals surface area contributed by atoms with E-state index in [-0.39, 0.29) is 0 Å². The van der Waals surface area contributed by atoms with Crippen LogP contribution in [0.5, 0.6) is 0 Å². The maximum Gasteiger partial charge on any atom is 0.0262 e. The summed E-state index contributed by atoms with van der Waals surface area (Å²) in [6.45, 7) is 0. The minimum absolute atomic E-state index is 0.604. The predicted octanol–water partition coefficient (Wildman–Crippen LogP) is 3.01. The van der Waals surface area contributed by atoms with Gasteiger partial charge in [0.1, 0.15) is 0 Å². The molecule has 1 saturated carbocycles. The molecule has 1 aliphatic rings. The molecule has 0 nitrogen and oxygen atoms in total. The Morgan fingerprint density at radius 2 is 1.78 bits per heavy atom. The molecule has 1 aliphatic carbocycles. The van der Waals surface area contributed by atoms with Gasteiger partial charge in [-0.25, -0.2) is 0 Å². The van der Waals surface area contributed by atoms with Crippen LogP contribution in [0.15, 0.2) is 0 Å². The second-order valence-corrected chi connectivity index (χ2v) is 4.56. The lowest BCUT2D eigenvalue weighted by atomic mass is 10.2. The smallest absolute Gasteiger partial charge is 0.0262 e. The van der Waals surface area contributed by atoms with Gasteiger partial charge in [-0.1, -0.05) is 35.2 Å². The van der Waals surface area contributed by atoms with Gasteiger partial charge in [0, 0.05) is 10.1 Å². The molecule has 0 amide bonds. The minimum Gasteiger partial charge on any atom is -0.175 e. The molecule has 1 fully saturated rings. The van der Waals surface area contributed by atoms with E-state index in [4.69, 9.17) is 0 Å². The molecule has 54 valence electrons. The van der Waals surface area contributed by atoms with Crippen LogP contribution in [-0.2, 0) is 0 Å². The second-order valence-electron chi connectivity index (χ2n) is 2.72. The highest BCUT2D eigenvalue weighted by Gasteiger charge is 2.16. The molecule has 2 atom stereocenters. The van der Waals surface area contributed by atoms with Crippen LogP contribution in [0.2, 0.25) is 0 Å². The van der Waals surface area contributed by atoms with Gasteiger partial charge in [0.25, 0.3) is 0 Å². The number of thiol groups is 1. The average Bonchev–Trinajstić information content (AvgIpc) is 1.99. The molecular formula is C7H13BrS. The molecule has 0 aliphatic heterocycles. The van der Waals surface area contributed by atoms with Crippen LogP contribution in [0.4, 0.5) is 0 Å². The standard InChI is InChI=1S/C7H13BrS/c8-6-4-2-1-3-5-7(6)9/h6-7,9H,1-5H2. The first-order valence-corrected chi connectivity index (χ1v) is 5.06. The topological polar surface area (TPSA) is 0 Å². The fraction of sp³-hybridized carbons (Fsp3) is 1.00. The van der Waals surface area contributed by atoms with Crippen LogP contribution in [0, 0.1) is 0 Å². The van der Waals surface area contributed by atoms with Crippen molar-refractivity contribution in [1.29, 1.82) is 0 Å². The van der Waals surface area contributed by atoms with E-state index in [0.29, 0.717) is 10.1 Å². The third-order valence-electron chi connectivity index (χ3n) is 1.90. The monoisotopic (exact) mass is 208 g/mol. The molecule has 9 heavy (non-hydrogen) atoms. The summed E-state index contributed by atoms with van der Waals surface area (Å²) in [4.78, 5) is 0.670. The van der Waals surface area contributed by atoms with Crippen molar-refractivity contribution in [1.82, 2.24) is 0 Å². The molecule has 2 heteroatoms. The molecule has 0 bridgehead atoms. The SMILES string of the molecule is SC1CCCCCC1Br. The van der Waals surface area contributed by atoms with E-state index in [1.807, 2.05) is 0 Å². The third-order valence-corrected chi connectivity index (χ3v) is 4.02. The zero-order valence-corrected chi connectivity index (χ0v) is 8.00. The fourth-order valence-electron chi connectivity index (χ4n) is 1.24. The lowest BCUT2D eigenvalue weighted by Crippen LogP contribution is -2.11. The first-order chi connectivity index (χ1) is 4.30. The van der Waals surface area contributed by atoms with E-state index < -0.39 is 0 Å². The summed E-state index contributed by atoms with van der Waals surface area (Å²) in [5.74, 6) is 0. The van der Waals surface area contributed by atoms with Crippen LogP contribution in [-0.4, -0.2) is 10.1 Å². The Morgan fingerprint density at radius 3 is 2.56 bits per heavy atom. The highest BCUT2D eigenvalue weighted by molar-refractivity contribution is 9.09. The summed E-state index contributed by atoms with van der Waals surface area (Å²) in [6.07, 6.45) is 6.76. The average molecular weight is 209 g/mol. The summed E-state index contributed by atoms with van der Waals surface area (Å²) in [7, 11) is 0. The number of alkyl halides is 1. The zero-order chi connectivity index (χ0) is 6.69. The lowest BCUT2D eigenvalue weighted by Gasteiger charge is -2.11. The molecule has 2 unspecified atom stereocenters. The van der Waals surface area contributed by atoms with Crippen LogP contribution >= 0.6 is 28.6 Å². The summed E-state index contributed by atoms with van der Waals surface area (Å²) in [5, 5.41) is 0.604. The van der Waals surface area contributed by atoms with Gasteiger partial charge in [0.05, 0.1) is 0 Å². The molecule has 0 N–H and O–H groups in total. The van der Waals surface area contributed by atoms with Gasteiger partial charge in [-0.05, 0) is 12.8 Å². The van der Waals surface area contributed by atoms with Gasteiger partial charge < -0.3 is 0 Å². The highest BCUT2D eigenvalue weighted by Crippen LogP contribution is 2.26. The summed E-state index contributed by atoms with van der Waals surface area (Å²) >= 11 is 8.11. The molecule has 0 aromatic heterocycles. The Labute approximate surface area is 70.9 Å². The second kappa shape index (κ2) is 3.87. The van der Waals surface area contributed by atoms with Gasteiger partial charge in [0.15, 0.2) is 0 Å². The largest absolute Gasteiger partial charge is 0.175 e. The molecular weight excluding hydrogens is 196 g/mol. The van der Waals surface area contributed by atoms with Crippen molar-refractivity contribution in [3.05, 3.63) is 0 Å². The lowest BCUT2D eigenvalue weighted by molar-refractivity contribution is 0.704. The number of hydrogen-bond acceptors (Lipinski definition) is 1. The predicted molar refractivity (Wildman–Crippen MR) is 48.6 cm³/mol. The van der Waals surface area contributed by atoms with E-state index in [1.54, 1.807) is 0 Å². The van der Waals surface area contributed by atoms with Gasteiger partial charge >= 0.3 is 0 Å². The molecule has 0 aromatic carbocycles. The molecule has 0 spiro atoms. The number of rotatable bonds is 0. The van der Waals surface area contributed by atoms with Crippen LogP contribution in [0.1, 0.15) is 32.1 Å². The van der Waals surface area contributed by atoms with E-state index in [0.717, 1.165) is 0 Å². The molecule has 0 saturated heterocycles. The van der Waals surface area contributed by atoms with E-state index in [2.05, 4.69) is 28.6 Å². The quantitative estimate of drug-likeness (QED) is 0.354. The number of halogens is 1. The van der Waals surface area contributed by atoms with E-state index >= 15 is 0 Å². The zero-order valence-electron chi connectivity index (χ0n) is 5.52. The summed E-state index contributed by atoms with van der Waals surface area (Å²) < 4.78 is 0. The number of hydrogen-bond donors (Lipinski definition) is 1. The Bertz CT molecular complexity index is 75.0. The molecule has 0 radical (unpaired) electrons. The fourth-order valence-corrected chi connectivity index (χ4v) is 2.16. The molecule has 0 aromatic rings. The molecule has 1 rings (SSSR count). The first-order valence-electron chi connectivity index (χ1n) is 3.63. The van der Waals surface area contributed by atoms with Crippen molar-refractivity contribution in [2.45, 2.75) is 42.2 Å². The Kier molecular flexibility index (Phi) is 3.41. The van der Waals surface area contributed by atoms with Gasteiger partial charge in [0.2, 0.25) is 0 Å². The molecule has 0 heterocycles. The van der Waals surface area contributed by atoms with Crippen molar-refractivity contribution >= 4 is 28.6 Å². The summed E-state index contributed by atoms with van der Waals surface area (Å²) in [5.41, 5.74) is 0. The van der Waals surface area contributed by atoms with E-state index in [9.17, 15) is 0 Å². The Balaban J connectivity index is 2.32. The minimum atomic E-state index is 0.604. The van der Waals surface area contributed by atoms with Gasteiger partial charge in [-0.3, -0.25) is 0 Å². The Morgan fingerprint density at radius 1 is 1.11 bits per heavy atom. The van der Waals surface area contributed by atoms with Gasteiger partial charge in [-0.15, -0.1) is 0 Å². The van der Waals surface area contributed by atoms with Crippen molar-refractivity contribution in [2.75, 3.05) is 0 Å². The van der Waals surface area contributed by atoms with Crippen LogP contribution in [0.3, 0.4) is 0 Å². The van der Waals surface area contributed by atoms with Gasteiger partial charge in [-0.2, -0.15) is 12.6 Å². The maximum atomic E-state index is 4.48.